The molecule has 0 saturated heterocycles. The predicted octanol–water partition coefficient (Wildman–Crippen LogP) is 2.68. The molecule has 0 radical (unpaired) electrons. The minimum Gasteiger partial charge on any atom is -0.370 e. The Morgan fingerprint density at radius 1 is 1.44 bits per heavy atom. The van der Waals surface area contributed by atoms with Crippen molar-refractivity contribution in [3.63, 3.8) is 0 Å². The van der Waals surface area contributed by atoms with Crippen molar-refractivity contribution in [3.05, 3.63) is 33.8 Å². The largest absolute Gasteiger partial charge is 0.370 e. The van der Waals surface area contributed by atoms with Crippen LogP contribution in [0.25, 0.3) is 0 Å². The van der Waals surface area contributed by atoms with Crippen molar-refractivity contribution in [1.29, 1.82) is 0 Å². The quantitative estimate of drug-likeness (QED) is 0.886. The van der Waals surface area contributed by atoms with E-state index in [0.717, 1.165) is 12.1 Å². The maximum Gasteiger partial charge on any atom is 0.191 e. The Kier molecular flexibility index (Phi) is 3.26. The first kappa shape index (κ1) is 11.6. The van der Waals surface area contributed by atoms with Crippen molar-refractivity contribution in [2.45, 2.75) is 13.0 Å². The SMILES string of the molecule is CCN1C(N)=NCC1c1ccc(Cl)c(Cl)c1. The van der Waals surface area contributed by atoms with Crippen molar-refractivity contribution in [1.82, 2.24) is 4.90 Å². The van der Waals surface area contributed by atoms with E-state index in [9.17, 15) is 0 Å². The first-order valence-corrected chi connectivity index (χ1v) is 5.90. The van der Waals surface area contributed by atoms with Gasteiger partial charge in [-0.1, -0.05) is 29.3 Å². The minimum absolute atomic E-state index is 0.180. The summed E-state index contributed by atoms with van der Waals surface area (Å²) >= 11 is 11.9. The van der Waals surface area contributed by atoms with E-state index in [-0.39, 0.29) is 6.04 Å². The molecule has 0 fully saturated rings. The molecule has 16 heavy (non-hydrogen) atoms. The van der Waals surface area contributed by atoms with Gasteiger partial charge in [-0.05, 0) is 24.6 Å². The van der Waals surface area contributed by atoms with Gasteiger partial charge in [-0.3, -0.25) is 4.99 Å². The smallest absolute Gasteiger partial charge is 0.191 e. The summed E-state index contributed by atoms with van der Waals surface area (Å²) in [6, 6.07) is 5.84. The molecule has 0 spiro atoms. The molecule has 1 unspecified atom stereocenters. The highest BCUT2D eigenvalue weighted by Gasteiger charge is 2.26. The van der Waals surface area contributed by atoms with Gasteiger partial charge >= 0.3 is 0 Å². The fourth-order valence-electron chi connectivity index (χ4n) is 1.92. The Morgan fingerprint density at radius 3 is 2.81 bits per heavy atom. The number of halogens is 2. The first-order valence-electron chi connectivity index (χ1n) is 5.15. The molecule has 2 rings (SSSR count). The zero-order chi connectivity index (χ0) is 11.7. The lowest BCUT2D eigenvalue weighted by Gasteiger charge is -2.25. The average Bonchev–Trinajstić information content (AvgIpc) is 2.63. The molecule has 3 nitrogen and oxygen atoms in total. The van der Waals surface area contributed by atoms with Crippen LogP contribution < -0.4 is 5.73 Å². The number of hydrogen-bond acceptors (Lipinski definition) is 3. The van der Waals surface area contributed by atoms with Crippen molar-refractivity contribution >= 4 is 29.2 Å². The van der Waals surface area contributed by atoms with Gasteiger partial charge in [0.05, 0.1) is 22.6 Å². The van der Waals surface area contributed by atoms with Gasteiger partial charge in [0, 0.05) is 6.54 Å². The number of benzene rings is 1. The van der Waals surface area contributed by atoms with Gasteiger partial charge in [0.15, 0.2) is 5.96 Å². The zero-order valence-electron chi connectivity index (χ0n) is 8.95. The molecule has 1 heterocycles. The molecule has 0 saturated carbocycles. The summed E-state index contributed by atoms with van der Waals surface area (Å²) in [5, 5.41) is 1.14. The third kappa shape index (κ3) is 1.97. The summed E-state index contributed by atoms with van der Waals surface area (Å²) in [6.07, 6.45) is 0. The normalized spacial score (nSPS) is 20.1. The molecule has 1 aromatic carbocycles. The molecule has 1 aliphatic heterocycles. The molecule has 0 amide bonds. The van der Waals surface area contributed by atoms with Gasteiger partial charge in [-0.2, -0.15) is 0 Å². The number of rotatable bonds is 2. The van der Waals surface area contributed by atoms with E-state index < -0.39 is 0 Å². The van der Waals surface area contributed by atoms with Gasteiger partial charge in [0.25, 0.3) is 0 Å². The third-order valence-electron chi connectivity index (χ3n) is 2.77. The second-order valence-corrected chi connectivity index (χ2v) is 4.49. The van der Waals surface area contributed by atoms with Crippen LogP contribution in [0.5, 0.6) is 0 Å². The van der Waals surface area contributed by atoms with Crippen molar-refractivity contribution < 1.29 is 0 Å². The predicted molar refractivity (Wildman–Crippen MR) is 68.1 cm³/mol. The van der Waals surface area contributed by atoms with E-state index in [1.54, 1.807) is 0 Å². The second-order valence-electron chi connectivity index (χ2n) is 3.67. The van der Waals surface area contributed by atoms with E-state index in [1.807, 2.05) is 18.2 Å². The van der Waals surface area contributed by atoms with Crippen LogP contribution >= 0.6 is 23.2 Å². The molecule has 1 aromatic rings. The maximum atomic E-state index is 6.00. The second kappa shape index (κ2) is 4.52. The van der Waals surface area contributed by atoms with Crippen LogP contribution in [0, 0.1) is 0 Å². The average molecular weight is 258 g/mol. The Balaban J connectivity index is 2.28. The Hall–Kier alpha value is -0.930. The van der Waals surface area contributed by atoms with Crippen LogP contribution in [0.1, 0.15) is 18.5 Å². The minimum atomic E-state index is 0.180. The molecule has 0 aromatic heterocycles. The highest BCUT2D eigenvalue weighted by atomic mass is 35.5. The molecule has 86 valence electrons. The van der Waals surface area contributed by atoms with E-state index in [1.165, 1.54) is 0 Å². The van der Waals surface area contributed by atoms with Crippen LogP contribution in [-0.2, 0) is 0 Å². The summed E-state index contributed by atoms with van der Waals surface area (Å²) in [7, 11) is 0. The topological polar surface area (TPSA) is 41.6 Å². The van der Waals surface area contributed by atoms with Crippen molar-refractivity contribution in [2.24, 2.45) is 10.7 Å². The van der Waals surface area contributed by atoms with Crippen LogP contribution in [0.4, 0.5) is 0 Å². The molecule has 2 N–H and O–H groups in total. The van der Waals surface area contributed by atoms with Gasteiger partial charge in [0.1, 0.15) is 0 Å². The summed E-state index contributed by atoms with van der Waals surface area (Å²) in [4.78, 5) is 6.30. The lowest BCUT2D eigenvalue weighted by molar-refractivity contribution is 0.364. The molecule has 0 aliphatic carbocycles. The number of aliphatic imine (C=N–C) groups is 1. The summed E-state index contributed by atoms with van der Waals surface area (Å²) in [5.74, 6) is 0.596. The lowest BCUT2D eigenvalue weighted by atomic mass is 10.1. The Morgan fingerprint density at radius 2 is 2.19 bits per heavy atom. The van der Waals surface area contributed by atoms with Gasteiger partial charge < -0.3 is 10.6 Å². The van der Waals surface area contributed by atoms with Crippen molar-refractivity contribution in [3.8, 4) is 0 Å². The van der Waals surface area contributed by atoms with E-state index >= 15 is 0 Å². The lowest BCUT2D eigenvalue weighted by Crippen LogP contribution is -2.35. The van der Waals surface area contributed by atoms with Crippen LogP contribution in [0.15, 0.2) is 23.2 Å². The number of guanidine groups is 1. The van der Waals surface area contributed by atoms with Crippen LogP contribution in [0.3, 0.4) is 0 Å². The van der Waals surface area contributed by atoms with Crippen LogP contribution in [-0.4, -0.2) is 23.9 Å². The summed E-state index contributed by atoms with van der Waals surface area (Å²) < 4.78 is 0. The number of nitrogens with two attached hydrogens (primary N) is 1. The first-order chi connectivity index (χ1) is 7.63. The molecule has 0 bridgehead atoms. The Bertz CT molecular complexity index is 431. The molecule has 1 aliphatic rings. The van der Waals surface area contributed by atoms with Gasteiger partial charge in [-0.25, -0.2) is 0 Å². The van der Waals surface area contributed by atoms with Gasteiger partial charge in [0.2, 0.25) is 0 Å². The van der Waals surface area contributed by atoms with E-state index in [0.29, 0.717) is 22.5 Å². The van der Waals surface area contributed by atoms with E-state index in [2.05, 4.69) is 16.8 Å². The third-order valence-corrected chi connectivity index (χ3v) is 3.50. The number of likely N-dealkylation sites (N-methyl/N-ethyl adjacent to an activating group) is 1. The monoisotopic (exact) mass is 257 g/mol. The van der Waals surface area contributed by atoms with Crippen LogP contribution in [0.2, 0.25) is 10.0 Å². The van der Waals surface area contributed by atoms with Crippen molar-refractivity contribution in [2.75, 3.05) is 13.1 Å². The molecule has 5 heteroatoms. The molecular formula is C11H13Cl2N3. The standard InChI is InChI=1S/C11H13Cl2N3/c1-2-16-10(6-15-11(16)14)7-3-4-8(12)9(13)5-7/h3-5,10H,2,6H2,1H3,(H2,14,15). The Labute approximate surface area is 105 Å². The van der Waals surface area contributed by atoms with Gasteiger partial charge in [-0.15, -0.1) is 0 Å². The summed E-state index contributed by atoms with van der Waals surface area (Å²) in [5.41, 5.74) is 6.90. The fourth-order valence-corrected chi connectivity index (χ4v) is 2.22. The van der Waals surface area contributed by atoms with E-state index in [4.69, 9.17) is 28.9 Å². The highest BCUT2D eigenvalue weighted by Crippen LogP contribution is 2.30. The maximum absolute atomic E-state index is 6.00. The fraction of sp³-hybridized carbons (Fsp3) is 0.364. The number of nitrogens with zero attached hydrogens (tertiary/aromatic N) is 2. The highest BCUT2D eigenvalue weighted by molar-refractivity contribution is 6.42. The summed E-state index contributed by atoms with van der Waals surface area (Å²) in [6.45, 7) is 3.57. The molecular weight excluding hydrogens is 245 g/mol. The molecule has 1 atom stereocenters. The number of hydrogen-bond donors (Lipinski definition) is 1. The zero-order valence-corrected chi connectivity index (χ0v) is 10.5.